The van der Waals surface area contributed by atoms with Crippen molar-refractivity contribution in [2.75, 3.05) is 18.4 Å². The third kappa shape index (κ3) is 3.86. The van der Waals surface area contributed by atoms with Crippen LogP contribution in [0.1, 0.15) is 47.1 Å². The van der Waals surface area contributed by atoms with Gasteiger partial charge < -0.3 is 9.88 Å². The molecule has 1 amide bonds. The first-order chi connectivity index (χ1) is 13.1. The molecule has 0 spiro atoms. The normalized spacial score (nSPS) is 16.3. The molecule has 1 aromatic heterocycles. The molecule has 1 fully saturated rings. The minimum atomic E-state index is -3.61. The molecule has 1 saturated heterocycles. The molecule has 2 heterocycles. The van der Waals surface area contributed by atoms with Crippen LogP contribution in [-0.4, -0.2) is 36.3 Å². The van der Waals surface area contributed by atoms with Crippen LogP contribution in [0, 0.1) is 26.7 Å². The molecule has 0 saturated carbocycles. The highest BCUT2D eigenvalue weighted by atomic mass is 32.2. The van der Waals surface area contributed by atoms with Crippen molar-refractivity contribution in [1.82, 2.24) is 8.87 Å². The lowest BCUT2D eigenvalue weighted by atomic mass is 10.0. The number of hydrogen-bond donors (Lipinski definition) is 1. The molecule has 0 bridgehead atoms. The first kappa shape index (κ1) is 20.6. The third-order valence-electron chi connectivity index (χ3n) is 5.72. The van der Waals surface area contributed by atoms with Gasteiger partial charge in [-0.25, -0.2) is 8.42 Å². The second-order valence-corrected chi connectivity index (χ2v) is 9.80. The van der Waals surface area contributed by atoms with E-state index in [-0.39, 0.29) is 10.8 Å². The predicted octanol–water partition coefficient (Wildman–Crippen LogP) is 3.62. The van der Waals surface area contributed by atoms with E-state index in [0.717, 1.165) is 29.7 Å². The summed E-state index contributed by atoms with van der Waals surface area (Å²) in [4.78, 5) is 13.1. The Labute approximate surface area is 167 Å². The molecule has 7 heteroatoms. The number of amides is 1. The maximum Gasteiger partial charge on any atom is 0.272 e. The van der Waals surface area contributed by atoms with Crippen molar-refractivity contribution in [2.24, 2.45) is 13.0 Å². The number of hydrogen-bond acceptors (Lipinski definition) is 3. The summed E-state index contributed by atoms with van der Waals surface area (Å²) in [6.07, 6.45) is 1.73. The first-order valence-electron chi connectivity index (χ1n) is 9.66. The van der Waals surface area contributed by atoms with Gasteiger partial charge in [-0.3, -0.25) is 4.79 Å². The van der Waals surface area contributed by atoms with Gasteiger partial charge in [0.2, 0.25) is 10.0 Å². The van der Waals surface area contributed by atoms with Gasteiger partial charge in [-0.2, -0.15) is 4.31 Å². The highest BCUT2D eigenvalue weighted by molar-refractivity contribution is 7.89. The topological polar surface area (TPSA) is 71.4 Å². The Balaban J connectivity index is 1.90. The maximum atomic E-state index is 13.1. The van der Waals surface area contributed by atoms with Crippen LogP contribution in [0.3, 0.4) is 0 Å². The van der Waals surface area contributed by atoms with Crippen molar-refractivity contribution in [1.29, 1.82) is 0 Å². The Hall–Kier alpha value is -2.12. The summed E-state index contributed by atoms with van der Waals surface area (Å²) < 4.78 is 29.5. The van der Waals surface area contributed by atoms with Crippen LogP contribution in [0.5, 0.6) is 0 Å². The summed E-state index contributed by atoms with van der Waals surface area (Å²) in [5.74, 6) is 0.232. The summed E-state index contributed by atoms with van der Waals surface area (Å²) in [6, 6.07) is 7.36. The lowest BCUT2D eigenvalue weighted by Crippen LogP contribution is -2.38. The molecular weight excluding hydrogens is 374 g/mol. The van der Waals surface area contributed by atoms with Crippen LogP contribution < -0.4 is 5.32 Å². The fourth-order valence-electron chi connectivity index (χ4n) is 3.57. The molecule has 1 N–H and O–H groups in total. The lowest BCUT2D eigenvalue weighted by Gasteiger charge is -2.29. The molecular formula is C21H29N3O3S. The second kappa shape index (κ2) is 7.72. The van der Waals surface area contributed by atoms with Crippen molar-refractivity contribution in [3.63, 3.8) is 0 Å². The number of carbonyl (C=O) groups excluding carboxylic acids is 1. The zero-order valence-electron chi connectivity index (χ0n) is 17.2. The van der Waals surface area contributed by atoms with E-state index in [1.165, 1.54) is 6.07 Å². The van der Waals surface area contributed by atoms with Gasteiger partial charge in [-0.1, -0.05) is 19.1 Å². The van der Waals surface area contributed by atoms with Gasteiger partial charge in [-0.15, -0.1) is 0 Å². The monoisotopic (exact) mass is 403 g/mol. The number of piperidine rings is 1. The number of nitrogens with zero attached hydrogens (tertiary/aromatic N) is 2. The highest BCUT2D eigenvalue weighted by Gasteiger charge is 2.32. The molecule has 1 aromatic carbocycles. The lowest BCUT2D eigenvalue weighted by molar-refractivity contribution is 0.101. The van der Waals surface area contributed by atoms with Crippen LogP contribution in [0.4, 0.5) is 5.69 Å². The van der Waals surface area contributed by atoms with Crippen LogP contribution in [0.15, 0.2) is 29.2 Å². The largest absolute Gasteiger partial charge is 0.343 e. The molecule has 1 aliphatic rings. The standard InChI is InChI=1S/C21H29N3O3S/c1-14-8-10-24(11-9-14)28(26,27)20-13-19(23(5)17(20)4)21(25)22-18-12-15(2)6-7-16(18)3/h6-7,12-14H,8-11H2,1-5H3,(H,22,25). The molecule has 0 aliphatic carbocycles. The van der Waals surface area contributed by atoms with Crippen molar-refractivity contribution in [3.05, 3.63) is 46.8 Å². The highest BCUT2D eigenvalue weighted by Crippen LogP contribution is 2.28. The summed E-state index contributed by atoms with van der Waals surface area (Å²) >= 11 is 0. The molecule has 3 rings (SSSR count). The second-order valence-electron chi connectivity index (χ2n) is 7.90. The van der Waals surface area contributed by atoms with Crippen LogP contribution >= 0.6 is 0 Å². The molecule has 2 aromatic rings. The number of anilines is 1. The fraction of sp³-hybridized carbons (Fsp3) is 0.476. The minimum absolute atomic E-state index is 0.218. The Kier molecular flexibility index (Phi) is 5.68. The van der Waals surface area contributed by atoms with Gasteiger partial charge in [0, 0.05) is 31.5 Å². The quantitative estimate of drug-likeness (QED) is 0.847. The molecule has 6 nitrogen and oxygen atoms in total. The average Bonchev–Trinajstić information content (AvgIpc) is 2.94. The van der Waals surface area contributed by atoms with Gasteiger partial charge in [0.25, 0.3) is 5.91 Å². The number of rotatable bonds is 4. The number of sulfonamides is 1. The first-order valence-corrected chi connectivity index (χ1v) is 11.1. The number of nitrogens with one attached hydrogen (secondary N) is 1. The van der Waals surface area contributed by atoms with Gasteiger partial charge >= 0.3 is 0 Å². The number of benzene rings is 1. The van der Waals surface area contributed by atoms with Crippen LogP contribution in [0.2, 0.25) is 0 Å². The Morgan fingerprint density at radius 3 is 2.39 bits per heavy atom. The SMILES string of the molecule is Cc1ccc(C)c(NC(=O)c2cc(S(=O)(=O)N3CCC(C)CC3)c(C)n2C)c1. The third-order valence-corrected chi connectivity index (χ3v) is 7.74. The van der Waals surface area contributed by atoms with E-state index in [1.54, 1.807) is 22.8 Å². The molecule has 0 atom stereocenters. The average molecular weight is 404 g/mol. The minimum Gasteiger partial charge on any atom is -0.343 e. The van der Waals surface area contributed by atoms with Gasteiger partial charge in [0.05, 0.1) is 0 Å². The van der Waals surface area contributed by atoms with E-state index in [9.17, 15) is 13.2 Å². The molecule has 0 radical (unpaired) electrons. The molecule has 0 unspecified atom stereocenters. The van der Waals surface area contributed by atoms with E-state index in [0.29, 0.717) is 30.4 Å². The number of aromatic nitrogens is 1. The summed E-state index contributed by atoms with van der Waals surface area (Å²) in [6.45, 7) is 8.84. The zero-order chi connectivity index (χ0) is 20.6. The Bertz CT molecular complexity index is 1000. The van der Waals surface area contributed by atoms with Crippen molar-refractivity contribution in [2.45, 2.75) is 45.4 Å². The van der Waals surface area contributed by atoms with E-state index >= 15 is 0 Å². The van der Waals surface area contributed by atoms with Gasteiger partial charge in [0.15, 0.2) is 0 Å². The fourth-order valence-corrected chi connectivity index (χ4v) is 5.31. The number of aryl methyl sites for hydroxylation is 2. The summed E-state index contributed by atoms with van der Waals surface area (Å²) in [5.41, 5.74) is 3.65. The van der Waals surface area contributed by atoms with E-state index < -0.39 is 10.0 Å². The van der Waals surface area contributed by atoms with Crippen molar-refractivity contribution in [3.8, 4) is 0 Å². The van der Waals surface area contributed by atoms with E-state index in [1.807, 2.05) is 32.0 Å². The van der Waals surface area contributed by atoms with Crippen molar-refractivity contribution >= 4 is 21.6 Å². The predicted molar refractivity (Wildman–Crippen MR) is 111 cm³/mol. The van der Waals surface area contributed by atoms with E-state index in [4.69, 9.17) is 0 Å². The molecule has 1 aliphatic heterocycles. The Morgan fingerprint density at radius 1 is 1.11 bits per heavy atom. The summed E-state index contributed by atoms with van der Waals surface area (Å²) in [5, 5.41) is 2.92. The Morgan fingerprint density at radius 2 is 1.75 bits per heavy atom. The van der Waals surface area contributed by atoms with Crippen molar-refractivity contribution < 1.29 is 13.2 Å². The van der Waals surface area contributed by atoms with E-state index in [2.05, 4.69) is 12.2 Å². The zero-order valence-corrected chi connectivity index (χ0v) is 18.1. The number of carbonyl (C=O) groups is 1. The maximum absolute atomic E-state index is 13.1. The molecule has 28 heavy (non-hydrogen) atoms. The van der Waals surface area contributed by atoms with Gasteiger partial charge in [0.1, 0.15) is 10.6 Å². The smallest absolute Gasteiger partial charge is 0.272 e. The van der Waals surface area contributed by atoms with Crippen LogP contribution in [0.25, 0.3) is 0 Å². The molecule has 152 valence electrons. The summed E-state index contributed by atoms with van der Waals surface area (Å²) in [7, 11) is -1.88. The van der Waals surface area contributed by atoms with Crippen LogP contribution in [-0.2, 0) is 17.1 Å². The van der Waals surface area contributed by atoms with Gasteiger partial charge in [-0.05, 0) is 62.8 Å².